The number of aliphatic carboxylic acids is 1. The van der Waals surface area contributed by atoms with Gasteiger partial charge in [0.2, 0.25) is 0 Å². The lowest BCUT2D eigenvalue weighted by atomic mass is 9.92. The highest BCUT2D eigenvalue weighted by Gasteiger charge is 2.40. The number of rotatable bonds is 9. The molecule has 1 aliphatic heterocycles. The average molecular weight is 552 g/mol. The minimum atomic E-state index is -1.00. The first-order valence-electron chi connectivity index (χ1n) is 13.2. The molecular weight excluding hydrogens is 506 g/mol. The number of piperidine rings is 1. The van der Waals surface area contributed by atoms with E-state index < -0.39 is 29.6 Å². The molecule has 1 aromatic heterocycles. The molecule has 1 aromatic rings. The molecule has 1 saturated heterocycles. The molecule has 0 radical (unpaired) electrons. The van der Waals surface area contributed by atoms with Crippen LogP contribution in [0.2, 0.25) is 0 Å². The van der Waals surface area contributed by atoms with Gasteiger partial charge in [-0.05, 0) is 39.4 Å². The Labute approximate surface area is 231 Å². The number of carboxylic acid groups (broad SMARTS) is 1. The summed E-state index contributed by atoms with van der Waals surface area (Å²) in [6.07, 6.45) is 3.23. The lowest BCUT2D eigenvalue weighted by Gasteiger charge is -2.42. The number of carbonyl (C=O) groups is 3. The maximum atomic E-state index is 14.1. The molecule has 1 aliphatic rings. The second-order valence-electron chi connectivity index (χ2n) is 12.3. The topological polar surface area (TPSA) is 125 Å². The third-order valence-corrected chi connectivity index (χ3v) is 6.59. The van der Waals surface area contributed by atoms with Crippen LogP contribution in [0.25, 0.3) is 0 Å². The molecular formula is C27H45N5O5S. The van der Waals surface area contributed by atoms with Gasteiger partial charge in [0.15, 0.2) is 0 Å². The summed E-state index contributed by atoms with van der Waals surface area (Å²) in [5, 5.41) is 13.2. The summed E-state index contributed by atoms with van der Waals surface area (Å²) >= 11 is 1.69. The lowest BCUT2D eigenvalue weighted by molar-refractivity contribution is -0.144. The molecule has 0 unspecified atom stereocenters. The number of nitrogens with one attached hydrogen (secondary N) is 1. The third kappa shape index (κ3) is 9.03. The van der Waals surface area contributed by atoms with Crippen LogP contribution in [0.4, 0.5) is 10.6 Å². The van der Waals surface area contributed by atoms with Crippen molar-refractivity contribution in [2.45, 2.75) is 78.9 Å². The quantitative estimate of drug-likeness (QED) is 0.431. The van der Waals surface area contributed by atoms with Gasteiger partial charge in [0, 0.05) is 43.5 Å². The van der Waals surface area contributed by atoms with Gasteiger partial charge in [-0.15, -0.1) is 0 Å². The van der Waals surface area contributed by atoms with Crippen molar-refractivity contribution >= 4 is 35.5 Å². The van der Waals surface area contributed by atoms with Crippen LogP contribution in [0.15, 0.2) is 6.20 Å². The first kappa shape index (κ1) is 31.7. The Morgan fingerprint density at radius 3 is 2.39 bits per heavy atom. The maximum Gasteiger partial charge on any atom is 0.410 e. The van der Waals surface area contributed by atoms with Crippen LogP contribution in [-0.2, 0) is 14.9 Å². The molecule has 2 rings (SSSR count). The van der Waals surface area contributed by atoms with Crippen LogP contribution in [-0.4, -0.2) is 92.7 Å². The number of hydrogen-bond acceptors (Lipinski definition) is 8. The van der Waals surface area contributed by atoms with E-state index in [4.69, 9.17) is 9.72 Å². The van der Waals surface area contributed by atoms with Gasteiger partial charge in [0.1, 0.15) is 22.8 Å². The van der Waals surface area contributed by atoms with E-state index in [1.165, 1.54) is 4.90 Å². The van der Waals surface area contributed by atoms with Crippen LogP contribution in [0, 0.1) is 11.8 Å². The highest BCUT2D eigenvalue weighted by Crippen LogP contribution is 2.28. The summed E-state index contributed by atoms with van der Waals surface area (Å²) < 4.78 is 5.54. The Bertz CT molecular complexity index is 989. The molecule has 1 fully saturated rings. The van der Waals surface area contributed by atoms with Gasteiger partial charge in [-0.2, -0.15) is 11.8 Å². The summed E-state index contributed by atoms with van der Waals surface area (Å²) in [4.78, 5) is 51.4. The fraction of sp³-hybridized carbons (Fsp3) is 0.741. The normalized spacial score (nSPS) is 18.3. The molecule has 0 saturated carbocycles. The number of carboxylic acids is 1. The molecule has 11 heteroatoms. The van der Waals surface area contributed by atoms with Crippen molar-refractivity contribution in [1.29, 1.82) is 0 Å². The molecule has 0 aliphatic carbocycles. The van der Waals surface area contributed by atoms with Crippen molar-refractivity contribution in [3.63, 3.8) is 0 Å². The highest BCUT2D eigenvalue weighted by molar-refractivity contribution is 7.98. The number of anilines is 1. The van der Waals surface area contributed by atoms with Crippen LogP contribution in [0.3, 0.4) is 0 Å². The van der Waals surface area contributed by atoms with E-state index in [0.29, 0.717) is 30.3 Å². The summed E-state index contributed by atoms with van der Waals surface area (Å²) in [6, 6.07) is -0.506. The fourth-order valence-electron chi connectivity index (χ4n) is 4.20. The van der Waals surface area contributed by atoms with Crippen LogP contribution in [0.1, 0.15) is 78.0 Å². The standard InChI is InChI=1S/C27H45N5O5S/c1-17(2)14-32(19-12-18(23(34)35)15-31(16-19)25(36)37-27(6,7)8)22(33)20-13-29-24(26(3,4)5)30-21(20)28-10-11-38-9/h13,17-19H,10-12,14-16H2,1-9H3,(H,34,35)(H,28,29,30)/t18-,19+/m1/s1. The summed E-state index contributed by atoms with van der Waals surface area (Å²) in [7, 11) is 0. The minimum Gasteiger partial charge on any atom is -0.481 e. The molecule has 214 valence electrons. The highest BCUT2D eigenvalue weighted by atomic mass is 32.2. The van der Waals surface area contributed by atoms with E-state index in [2.05, 4.69) is 10.3 Å². The van der Waals surface area contributed by atoms with Crippen molar-refractivity contribution in [2.24, 2.45) is 11.8 Å². The Kier molecular flexibility index (Phi) is 10.8. The molecule has 0 bridgehead atoms. The number of nitrogens with zero attached hydrogens (tertiary/aromatic N) is 4. The number of likely N-dealkylation sites (tertiary alicyclic amines) is 1. The predicted molar refractivity (Wildman–Crippen MR) is 151 cm³/mol. The number of ether oxygens (including phenoxy) is 1. The molecule has 2 atom stereocenters. The van der Waals surface area contributed by atoms with E-state index in [1.54, 1.807) is 43.6 Å². The SMILES string of the molecule is CSCCNc1nc(C(C)(C)C)ncc1C(=O)N(CC(C)C)[C@H]1C[C@@H](C(=O)O)CN(C(=O)OC(C)(C)C)C1. The summed E-state index contributed by atoms with van der Waals surface area (Å²) in [6.45, 7) is 16.6. The zero-order chi connectivity index (χ0) is 28.8. The van der Waals surface area contributed by atoms with Gasteiger partial charge in [0.25, 0.3) is 5.91 Å². The first-order valence-corrected chi connectivity index (χ1v) is 14.5. The molecule has 2 heterocycles. The third-order valence-electron chi connectivity index (χ3n) is 5.98. The number of thioether (sulfide) groups is 1. The summed E-state index contributed by atoms with van der Waals surface area (Å²) in [5.74, 6) is -0.0674. The number of aromatic nitrogens is 2. The predicted octanol–water partition coefficient (Wildman–Crippen LogP) is 4.36. The number of hydrogen-bond donors (Lipinski definition) is 2. The monoisotopic (exact) mass is 551 g/mol. The maximum absolute atomic E-state index is 14.1. The second-order valence-corrected chi connectivity index (χ2v) is 13.3. The van der Waals surface area contributed by atoms with Crippen molar-refractivity contribution < 1.29 is 24.2 Å². The molecule has 10 nitrogen and oxygen atoms in total. The van der Waals surface area contributed by atoms with Crippen molar-refractivity contribution in [1.82, 2.24) is 19.8 Å². The van der Waals surface area contributed by atoms with Gasteiger partial charge < -0.3 is 25.0 Å². The van der Waals surface area contributed by atoms with Gasteiger partial charge in [-0.25, -0.2) is 14.8 Å². The molecule has 38 heavy (non-hydrogen) atoms. The van der Waals surface area contributed by atoms with E-state index in [9.17, 15) is 19.5 Å². The molecule has 2 amide bonds. The van der Waals surface area contributed by atoms with Gasteiger partial charge in [0.05, 0.1) is 12.0 Å². The average Bonchev–Trinajstić information content (AvgIpc) is 2.80. The molecule has 0 aromatic carbocycles. The smallest absolute Gasteiger partial charge is 0.410 e. The molecule has 2 N–H and O–H groups in total. The Morgan fingerprint density at radius 2 is 1.87 bits per heavy atom. The number of carbonyl (C=O) groups excluding carboxylic acids is 2. The largest absolute Gasteiger partial charge is 0.481 e. The zero-order valence-corrected chi connectivity index (χ0v) is 25.1. The van der Waals surface area contributed by atoms with E-state index in [-0.39, 0.29) is 36.8 Å². The lowest BCUT2D eigenvalue weighted by Crippen LogP contribution is -2.56. The van der Waals surface area contributed by atoms with Crippen LogP contribution >= 0.6 is 11.8 Å². The van der Waals surface area contributed by atoms with Crippen molar-refractivity contribution in [3.05, 3.63) is 17.6 Å². The van der Waals surface area contributed by atoms with Crippen LogP contribution in [0.5, 0.6) is 0 Å². The van der Waals surface area contributed by atoms with E-state index >= 15 is 0 Å². The minimum absolute atomic E-state index is 0.0370. The molecule has 0 spiro atoms. The van der Waals surface area contributed by atoms with E-state index in [1.807, 2.05) is 40.9 Å². The second kappa shape index (κ2) is 13.0. The Morgan fingerprint density at radius 1 is 1.21 bits per heavy atom. The Hall–Kier alpha value is -2.56. The number of amides is 2. The first-order chi connectivity index (χ1) is 17.5. The van der Waals surface area contributed by atoms with Gasteiger partial charge in [-0.1, -0.05) is 34.6 Å². The van der Waals surface area contributed by atoms with Crippen molar-refractivity contribution in [3.8, 4) is 0 Å². The fourth-order valence-corrected chi connectivity index (χ4v) is 4.51. The van der Waals surface area contributed by atoms with Crippen molar-refractivity contribution in [2.75, 3.05) is 43.5 Å². The van der Waals surface area contributed by atoms with E-state index in [0.717, 1.165) is 5.75 Å². The summed E-state index contributed by atoms with van der Waals surface area (Å²) in [5.41, 5.74) is -0.693. The zero-order valence-electron chi connectivity index (χ0n) is 24.3. The van der Waals surface area contributed by atoms with Gasteiger partial charge >= 0.3 is 12.1 Å². The Balaban J connectivity index is 2.48. The van der Waals surface area contributed by atoms with Crippen LogP contribution < -0.4 is 5.32 Å². The van der Waals surface area contributed by atoms with Gasteiger partial charge in [-0.3, -0.25) is 9.59 Å².